The van der Waals surface area contributed by atoms with Crippen LogP contribution >= 0.6 is 22.9 Å². The highest BCUT2D eigenvalue weighted by molar-refractivity contribution is 7.91. The zero-order valence-corrected chi connectivity index (χ0v) is 13.3. The molecule has 0 saturated heterocycles. The predicted octanol–water partition coefficient (Wildman–Crippen LogP) is 2.89. The third kappa shape index (κ3) is 3.82. The van der Waals surface area contributed by atoms with Crippen molar-refractivity contribution in [3.8, 4) is 0 Å². The van der Waals surface area contributed by atoms with Crippen LogP contribution in [-0.4, -0.2) is 19.5 Å². The molecule has 1 heterocycles. The van der Waals surface area contributed by atoms with Gasteiger partial charge in [0.1, 0.15) is 9.09 Å². The summed E-state index contributed by atoms with van der Waals surface area (Å²) in [7, 11) is -3.74. The van der Waals surface area contributed by atoms with E-state index in [2.05, 4.69) is 4.72 Å². The fourth-order valence-electron chi connectivity index (χ4n) is 1.69. The summed E-state index contributed by atoms with van der Waals surface area (Å²) >= 11 is 6.57. The zero-order chi connectivity index (χ0) is 15.6. The maximum atomic E-state index is 12.2. The Bertz CT molecular complexity index is 783. The molecular formula is C13H12ClNO4S2. The lowest BCUT2D eigenvalue weighted by molar-refractivity contribution is 0.0701. The van der Waals surface area contributed by atoms with Crippen LogP contribution in [0, 0.1) is 6.92 Å². The standard InChI is InChI=1S/C13H12ClNO4S2/c1-8-5-11(20-12(8)13(16)17)21(18,19)15-7-9-3-2-4-10(14)6-9/h2-6,15H,7H2,1H3,(H,16,17). The average molecular weight is 346 g/mol. The number of aryl methyl sites for hydroxylation is 1. The SMILES string of the molecule is Cc1cc(S(=O)(=O)NCc2cccc(Cl)c2)sc1C(=O)O. The Morgan fingerprint density at radius 2 is 2.10 bits per heavy atom. The highest BCUT2D eigenvalue weighted by Gasteiger charge is 2.21. The Kier molecular flexibility index (Phi) is 4.67. The smallest absolute Gasteiger partial charge is 0.346 e. The van der Waals surface area contributed by atoms with Crippen molar-refractivity contribution in [2.45, 2.75) is 17.7 Å². The van der Waals surface area contributed by atoms with Gasteiger partial charge in [-0.2, -0.15) is 0 Å². The summed E-state index contributed by atoms with van der Waals surface area (Å²) in [5.74, 6) is -1.13. The highest BCUT2D eigenvalue weighted by Crippen LogP contribution is 2.26. The number of rotatable bonds is 5. The number of carboxylic acids is 1. The van der Waals surface area contributed by atoms with E-state index in [0.29, 0.717) is 10.6 Å². The number of hydrogen-bond acceptors (Lipinski definition) is 4. The maximum Gasteiger partial charge on any atom is 0.346 e. The van der Waals surface area contributed by atoms with Crippen LogP contribution < -0.4 is 4.72 Å². The van der Waals surface area contributed by atoms with Crippen LogP contribution in [-0.2, 0) is 16.6 Å². The molecule has 0 aliphatic rings. The Morgan fingerprint density at radius 1 is 1.38 bits per heavy atom. The van der Waals surface area contributed by atoms with E-state index in [9.17, 15) is 13.2 Å². The van der Waals surface area contributed by atoms with Gasteiger partial charge < -0.3 is 5.11 Å². The quantitative estimate of drug-likeness (QED) is 0.872. The van der Waals surface area contributed by atoms with Crippen LogP contribution in [0.1, 0.15) is 20.8 Å². The summed E-state index contributed by atoms with van der Waals surface area (Å²) in [4.78, 5) is 11.0. The molecule has 1 aromatic heterocycles. The van der Waals surface area contributed by atoms with Gasteiger partial charge in [-0.1, -0.05) is 23.7 Å². The second-order valence-corrected chi connectivity index (χ2v) is 7.82. The number of benzene rings is 1. The fraction of sp³-hybridized carbons (Fsp3) is 0.154. The molecule has 0 aliphatic carbocycles. The largest absolute Gasteiger partial charge is 0.477 e. The summed E-state index contributed by atoms with van der Waals surface area (Å²) < 4.78 is 26.7. The van der Waals surface area contributed by atoms with E-state index in [1.165, 1.54) is 6.07 Å². The number of thiophene rings is 1. The first-order valence-electron chi connectivity index (χ1n) is 5.87. The predicted molar refractivity (Wildman–Crippen MR) is 81.5 cm³/mol. The van der Waals surface area contributed by atoms with Crippen molar-refractivity contribution in [3.05, 3.63) is 51.4 Å². The maximum absolute atomic E-state index is 12.2. The van der Waals surface area contributed by atoms with Crippen LogP contribution in [0.5, 0.6) is 0 Å². The average Bonchev–Trinajstić information content (AvgIpc) is 2.80. The normalized spacial score (nSPS) is 11.5. The summed E-state index contributed by atoms with van der Waals surface area (Å²) in [6.45, 7) is 1.65. The van der Waals surface area contributed by atoms with Crippen LogP contribution in [0.3, 0.4) is 0 Å². The van der Waals surface area contributed by atoms with Gasteiger partial charge >= 0.3 is 5.97 Å². The summed E-state index contributed by atoms with van der Waals surface area (Å²) in [6, 6.07) is 8.18. The van der Waals surface area contributed by atoms with Crippen molar-refractivity contribution in [1.82, 2.24) is 4.72 Å². The Morgan fingerprint density at radius 3 is 2.67 bits per heavy atom. The molecule has 2 N–H and O–H groups in total. The first-order chi connectivity index (χ1) is 9.79. The van der Waals surface area contributed by atoms with E-state index in [1.54, 1.807) is 31.2 Å². The summed E-state index contributed by atoms with van der Waals surface area (Å²) in [5, 5.41) is 9.48. The van der Waals surface area contributed by atoms with Gasteiger partial charge in [0.15, 0.2) is 0 Å². The second-order valence-electron chi connectivity index (χ2n) is 4.34. The van der Waals surface area contributed by atoms with Gasteiger partial charge in [-0.25, -0.2) is 17.9 Å². The minimum atomic E-state index is -3.74. The topological polar surface area (TPSA) is 83.5 Å². The molecule has 0 unspecified atom stereocenters. The lowest BCUT2D eigenvalue weighted by Crippen LogP contribution is -2.22. The molecule has 0 fully saturated rings. The Hall–Kier alpha value is -1.41. The van der Waals surface area contributed by atoms with Gasteiger partial charge in [-0.15, -0.1) is 11.3 Å². The van der Waals surface area contributed by atoms with Gasteiger partial charge in [-0.05, 0) is 36.2 Å². The van der Waals surface area contributed by atoms with Gasteiger partial charge in [0, 0.05) is 11.6 Å². The minimum absolute atomic E-state index is 0.0144. The molecule has 0 bridgehead atoms. The number of hydrogen-bond donors (Lipinski definition) is 2. The number of carboxylic acid groups (broad SMARTS) is 1. The van der Waals surface area contributed by atoms with Gasteiger partial charge in [0.2, 0.25) is 10.0 Å². The Balaban J connectivity index is 2.19. The van der Waals surface area contributed by atoms with E-state index in [-0.39, 0.29) is 15.6 Å². The lowest BCUT2D eigenvalue weighted by atomic mass is 10.2. The number of nitrogens with one attached hydrogen (secondary N) is 1. The zero-order valence-electron chi connectivity index (χ0n) is 11.0. The number of halogens is 1. The molecule has 8 heteroatoms. The molecule has 21 heavy (non-hydrogen) atoms. The molecule has 0 atom stereocenters. The van der Waals surface area contributed by atoms with E-state index in [0.717, 1.165) is 16.9 Å². The van der Waals surface area contributed by atoms with Crippen molar-refractivity contribution in [2.24, 2.45) is 0 Å². The van der Waals surface area contributed by atoms with Crippen molar-refractivity contribution in [2.75, 3.05) is 0 Å². The van der Waals surface area contributed by atoms with Crippen LogP contribution in [0.4, 0.5) is 0 Å². The van der Waals surface area contributed by atoms with Crippen molar-refractivity contribution < 1.29 is 18.3 Å². The monoisotopic (exact) mass is 345 g/mol. The van der Waals surface area contributed by atoms with E-state index >= 15 is 0 Å². The molecule has 0 radical (unpaired) electrons. The first kappa shape index (κ1) is 16.0. The fourth-order valence-corrected chi connectivity index (χ4v) is 4.35. The van der Waals surface area contributed by atoms with Crippen molar-refractivity contribution >= 4 is 38.9 Å². The van der Waals surface area contributed by atoms with E-state index < -0.39 is 16.0 Å². The molecular weight excluding hydrogens is 334 g/mol. The molecule has 5 nitrogen and oxygen atoms in total. The van der Waals surface area contributed by atoms with Crippen molar-refractivity contribution in [1.29, 1.82) is 0 Å². The third-order valence-corrected chi connectivity index (χ3v) is 6.04. The molecule has 0 saturated carbocycles. The summed E-state index contributed by atoms with van der Waals surface area (Å²) in [5.41, 5.74) is 1.15. The molecule has 2 rings (SSSR count). The van der Waals surface area contributed by atoms with E-state index in [1.807, 2.05) is 0 Å². The van der Waals surface area contributed by atoms with Gasteiger partial charge in [0.05, 0.1) is 0 Å². The van der Waals surface area contributed by atoms with Gasteiger partial charge in [-0.3, -0.25) is 0 Å². The number of carbonyl (C=O) groups is 1. The Labute approximate surface area is 131 Å². The molecule has 112 valence electrons. The van der Waals surface area contributed by atoms with Crippen LogP contribution in [0.25, 0.3) is 0 Å². The first-order valence-corrected chi connectivity index (χ1v) is 8.55. The molecule has 0 amide bonds. The van der Waals surface area contributed by atoms with E-state index in [4.69, 9.17) is 16.7 Å². The minimum Gasteiger partial charge on any atom is -0.477 e. The van der Waals surface area contributed by atoms with Crippen LogP contribution in [0.15, 0.2) is 34.5 Å². The second kappa shape index (κ2) is 6.15. The number of sulfonamides is 1. The highest BCUT2D eigenvalue weighted by atomic mass is 35.5. The van der Waals surface area contributed by atoms with Crippen LogP contribution in [0.2, 0.25) is 5.02 Å². The van der Waals surface area contributed by atoms with Crippen molar-refractivity contribution in [3.63, 3.8) is 0 Å². The molecule has 0 aliphatic heterocycles. The summed E-state index contributed by atoms with van der Waals surface area (Å²) in [6.07, 6.45) is 0. The molecule has 0 spiro atoms. The lowest BCUT2D eigenvalue weighted by Gasteiger charge is -2.05. The third-order valence-electron chi connectivity index (χ3n) is 2.71. The van der Waals surface area contributed by atoms with Gasteiger partial charge in [0.25, 0.3) is 0 Å². The number of aromatic carboxylic acids is 1. The molecule has 2 aromatic rings. The molecule has 1 aromatic carbocycles.